The maximum Gasteiger partial charge on any atom is 0.416 e. The van der Waals surface area contributed by atoms with Gasteiger partial charge in [0.15, 0.2) is 11.6 Å². The lowest BCUT2D eigenvalue weighted by Gasteiger charge is -2.12. The second kappa shape index (κ2) is 6.65. The fourth-order valence-electron chi connectivity index (χ4n) is 1.77. The lowest BCUT2D eigenvalue weighted by atomic mass is 10.2. The first kappa shape index (κ1) is 17.4. The van der Waals surface area contributed by atoms with Gasteiger partial charge in [0.05, 0.1) is 18.4 Å². The zero-order valence-electron chi connectivity index (χ0n) is 12.2. The number of carbonyl (C=O) groups excluding carboxylic acids is 1. The van der Waals surface area contributed by atoms with E-state index < -0.39 is 29.3 Å². The van der Waals surface area contributed by atoms with Crippen molar-refractivity contribution in [3.63, 3.8) is 0 Å². The molecule has 0 amide bonds. The van der Waals surface area contributed by atoms with Crippen LogP contribution >= 0.6 is 0 Å². The summed E-state index contributed by atoms with van der Waals surface area (Å²) in [5.41, 5.74) is -1.33. The summed E-state index contributed by atoms with van der Waals surface area (Å²) in [6.45, 7) is 3.46. The van der Waals surface area contributed by atoms with Crippen LogP contribution in [-0.4, -0.2) is 23.0 Å². The smallest absolute Gasteiger partial charge is 0.416 e. The van der Waals surface area contributed by atoms with Gasteiger partial charge in [-0.05, 0) is 24.3 Å². The van der Waals surface area contributed by atoms with E-state index in [0.717, 1.165) is 19.5 Å². The third kappa shape index (κ3) is 3.50. The van der Waals surface area contributed by atoms with Crippen LogP contribution in [0.4, 0.5) is 17.6 Å². The van der Waals surface area contributed by atoms with Gasteiger partial charge in [0, 0.05) is 0 Å². The number of hydrogen-bond donors (Lipinski definition) is 0. The molecule has 1 heterocycles. The standard InChI is InChI=1S/C15H10F4N2O3/c1-3-10-12(14(22)23-2)13(21-7-20-10)24-11-5-4-8(6-9(11)16)15(17,18)19/h3-7H,1H2,2H3. The van der Waals surface area contributed by atoms with Gasteiger partial charge in [-0.2, -0.15) is 13.2 Å². The SMILES string of the molecule is C=Cc1ncnc(Oc2ccc(C(F)(F)F)cc2F)c1C(=O)OC. The molecule has 126 valence electrons. The maximum absolute atomic E-state index is 13.9. The molecular weight excluding hydrogens is 332 g/mol. The molecule has 0 aliphatic carbocycles. The Balaban J connectivity index is 2.45. The van der Waals surface area contributed by atoms with E-state index in [1.54, 1.807) is 0 Å². The summed E-state index contributed by atoms with van der Waals surface area (Å²) in [5.74, 6) is -3.04. The molecule has 0 unspecified atom stereocenters. The molecule has 0 atom stereocenters. The summed E-state index contributed by atoms with van der Waals surface area (Å²) in [5, 5.41) is 0. The van der Waals surface area contributed by atoms with Crippen molar-refractivity contribution in [3.8, 4) is 11.6 Å². The van der Waals surface area contributed by atoms with Crippen LogP contribution in [-0.2, 0) is 10.9 Å². The van der Waals surface area contributed by atoms with Crippen LogP contribution in [0.5, 0.6) is 11.6 Å². The Morgan fingerprint density at radius 2 is 2.00 bits per heavy atom. The molecule has 0 spiro atoms. The van der Waals surface area contributed by atoms with Crippen molar-refractivity contribution in [2.45, 2.75) is 6.18 Å². The van der Waals surface area contributed by atoms with E-state index in [1.807, 2.05) is 0 Å². The third-order valence-electron chi connectivity index (χ3n) is 2.89. The molecule has 0 saturated heterocycles. The van der Waals surface area contributed by atoms with Gasteiger partial charge in [-0.1, -0.05) is 6.58 Å². The monoisotopic (exact) mass is 342 g/mol. The normalized spacial score (nSPS) is 11.0. The van der Waals surface area contributed by atoms with Gasteiger partial charge in [-0.15, -0.1) is 0 Å². The molecule has 5 nitrogen and oxygen atoms in total. The summed E-state index contributed by atoms with van der Waals surface area (Å²) < 4.78 is 61.2. The summed E-state index contributed by atoms with van der Waals surface area (Å²) in [4.78, 5) is 19.3. The highest BCUT2D eigenvalue weighted by Gasteiger charge is 2.31. The zero-order chi connectivity index (χ0) is 17.9. The van der Waals surface area contributed by atoms with Crippen LogP contribution in [0.25, 0.3) is 6.08 Å². The number of methoxy groups -OCH3 is 1. The predicted octanol–water partition coefficient (Wildman–Crippen LogP) is 3.86. The average Bonchev–Trinajstić information content (AvgIpc) is 2.54. The van der Waals surface area contributed by atoms with Crippen LogP contribution in [0, 0.1) is 5.82 Å². The van der Waals surface area contributed by atoms with Crippen LogP contribution in [0.15, 0.2) is 31.1 Å². The molecule has 9 heteroatoms. The molecule has 2 rings (SSSR count). The Morgan fingerprint density at radius 1 is 1.29 bits per heavy atom. The van der Waals surface area contributed by atoms with E-state index in [1.165, 1.54) is 6.08 Å². The van der Waals surface area contributed by atoms with Crippen LogP contribution < -0.4 is 4.74 Å². The topological polar surface area (TPSA) is 61.3 Å². The molecule has 0 radical (unpaired) electrons. The van der Waals surface area contributed by atoms with E-state index in [4.69, 9.17) is 4.74 Å². The minimum absolute atomic E-state index is 0.0687. The number of nitrogens with zero attached hydrogens (tertiary/aromatic N) is 2. The number of aromatic nitrogens is 2. The van der Waals surface area contributed by atoms with E-state index in [2.05, 4.69) is 21.3 Å². The first-order valence-corrected chi connectivity index (χ1v) is 6.38. The fourth-order valence-corrected chi connectivity index (χ4v) is 1.77. The Bertz CT molecular complexity index is 791. The van der Waals surface area contributed by atoms with Crippen molar-refractivity contribution in [3.05, 3.63) is 53.7 Å². The van der Waals surface area contributed by atoms with Crippen molar-refractivity contribution in [1.82, 2.24) is 9.97 Å². The minimum Gasteiger partial charge on any atom is -0.465 e. The quantitative estimate of drug-likeness (QED) is 0.624. The van der Waals surface area contributed by atoms with Gasteiger partial charge < -0.3 is 9.47 Å². The molecule has 0 bridgehead atoms. The van der Waals surface area contributed by atoms with Gasteiger partial charge in [0.2, 0.25) is 5.88 Å². The van der Waals surface area contributed by atoms with E-state index in [0.29, 0.717) is 6.07 Å². The lowest BCUT2D eigenvalue weighted by molar-refractivity contribution is -0.137. The number of ether oxygens (including phenoxy) is 2. The molecule has 0 aliphatic heterocycles. The third-order valence-corrected chi connectivity index (χ3v) is 2.89. The number of hydrogen-bond acceptors (Lipinski definition) is 5. The Labute approximate surface area is 133 Å². The Morgan fingerprint density at radius 3 is 2.54 bits per heavy atom. The lowest BCUT2D eigenvalue weighted by Crippen LogP contribution is -2.10. The molecule has 1 aromatic heterocycles. The second-order valence-corrected chi connectivity index (χ2v) is 4.38. The van der Waals surface area contributed by atoms with E-state index in [-0.39, 0.29) is 23.2 Å². The fraction of sp³-hybridized carbons (Fsp3) is 0.133. The molecule has 0 N–H and O–H groups in total. The first-order valence-electron chi connectivity index (χ1n) is 6.38. The molecule has 1 aromatic carbocycles. The van der Waals surface area contributed by atoms with Gasteiger partial charge in [0.1, 0.15) is 11.9 Å². The maximum atomic E-state index is 13.9. The van der Waals surface area contributed by atoms with Crippen LogP contribution in [0.2, 0.25) is 0 Å². The second-order valence-electron chi connectivity index (χ2n) is 4.38. The van der Waals surface area contributed by atoms with Crippen molar-refractivity contribution in [2.24, 2.45) is 0 Å². The Kier molecular flexibility index (Phi) is 4.82. The van der Waals surface area contributed by atoms with Gasteiger partial charge in [-0.3, -0.25) is 0 Å². The first-order chi connectivity index (χ1) is 11.3. The summed E-state index contributed by atoms with van der Waals surface area (Å²) in [7, 11) is 1.10. The van der Waals surface area contributed by atoms with Crippen LogP contribution in [0.1, 0.15) is 21.6 Å². The number of benzene rings is 1. The van der Waals surface area contributed by atoms with Gasteiger partial charge in [0.25, 0.3) is 0 Å². The van der Waals surface area contributed by atoms with E-state index >= 15 is 0 Å². The molecule has 0 saturated carbocycles. The number of rotatable bonds is 4. The molecule has 0 fully saturated rings. The number of esters is 1. The largest absolute Gasteiger partial charge is 0.465 e. The summed E-state index contributed by atoms with van der Waals surface area (Å²) in [6, 6.07) is 1.71. The van der Waals surface area contributed by atoms with E-state index in [9.17, 15) is 22.4 Å². The highest BCUT2D eigenvalue weighted by atomic mass is 19.4. The highest BCUT2D eigenvalue weighted by Crippen LogP contribution is 2.34. The van der Waals surface area contributed by atoms with Crippen LogP contribution in [0.3, 0.4) is 0 Å². The molecule has 24 heavy (non-hydrogen) atoms. The number of alkyl halides is 3. The Hall–Kier alpha value is -2.97. The molecular formula is C15H10F4N2O3. The van der Waals surface area contributed by atoms with Gasteiger partial charge in [-0.25, -0.2) is 19.2 Å². The van der Waals surface area contributed by atoms with Crippen molar-refractivity contribution >= 4 is 12.0 Å². The summed E-state index contributed by atoms with van der Waals surface area (Å²) >= 11 is 0. The van der Waals surface area contributed by atoms with Crippen molar-refractivity contribution < 1.29 is 31.8 Å². The molecule has 2 aromatic rings. The van der Waals surface area contributed by atoms with Gasteiger partial charge >= 0.3 is 12.1 Å². The molecule has 0 aliphatic rings. The number of halogens is 4. The zero-order valence-corrected chi connectivity index (χ0v) is 12.2. The van der Waals surface area contributed by atoms with Crippen molar-refractivity contribution in [1.29, 1.82) is 0 Å². The minimum atomic E-state index is -4.69. The predicted molar refractivity (Wildman–Crippen MR) is 74.9 cm³/mol. The average molecular weight is 342 g/mol. The van der Waals surface area contributed by atoms with Crippen molar-refractivity contribution in [2.75, 3.05) is 7.11 Å². The number of carbonyl (C=O) groups is 1. The highest BCUT2D eigenvalue weighted by molar-refractivity contribution is 5.95. The summed E-state index contributed by atoms with van der Waals surface area (Å²) in [6.07, 6.45) is -2.44.